The first-order chi connectivity index (χ1) is 13.4. The molecule has 0 aliphatic carbocycles. The van der Waals surface area contributed by atoms with E-state index >= 15 is 0 Å². The average Bonchev–Trinajstić information content (AvgIpc) is 3.01. The van der Waals surface area contributed by atoms with Gasteiger partial charge in [0.05, 0.1) is 11.4 Å². The summed E-state index contributed by atoms with van der Waals surface area (Å²) >= 11 is 1.32. The van der Waals surface area contributed by atoms with Crippen LogP contribution in [0.15, 0.2) is 54.6 Å². The maximum Gasteiger partial charge on any atom is 0.267 e. The second-order valence-corrected chi connectivity index (χ2v) is 8.03. The minimum absolute atomic E-state index is 0.204. The number of carbonyl (C=O) groups is 1. The minimum Gasteiger partial charge on any atom is -0.397 e. The van der Waals surface area contributed by atoms with E-state index in [0.717, 1.165) is 38.3 Å². The average molecular weight is 388 g/mol. The molecule has 2 aromatic heterocycles. The Bertz CT molecular complexity index is 1190. The molecule has 1 amide bonds. The van der Waals surface area contributed by atoms with E-state index in [1.54, 1.807) is 0 Å². The van der Waals surface area contributed by atoms with Gasteiger partial charge in [-0.1, -0.05) is 47.5 Å². The van der Waals surface area contributed by atoms with Gasteiger partial charge in [-0.25, -0.2) is 4.98 Å². The molecule has 2 aromatic carbocycles. The number of nitrogens with one attached hydrogen (secondary N) is 1. The number of carbonyl (C=O) groups excluding carboxylic acids is 1. The molecule has 2 heterocycles. The van der Waals surface area contributed by atoms with Gasteiger partial charge in [0.25, 0.3) is 5.91 Å². The van der Waals surface area contributed by atoms with Crippen LogP contribution >= 0.6 is 11.3 Å². The Kier molecular flexibility index (Phi) is 4.61. The molecule has 4 aromatic rings. The van der Waals surface area contributed by atoms with Crippen LogP contribution in [0.3, 0.4) is 0 Å². The number of aryl methyl sites for hydroxylation is 3. The van der Waals surface area contributed by atoms with Crippen LogP contribution in [0.4, 0.5) is 11.4 Å². The van der Waals surface area contributed by atoms with Gasteiger partial charge >= 0.3 is 0 Å². The highest BCUT2D eigenvalue weighted by Gasteiger charge is 2.18. The number of amides is 1. The number of fused-ring (bicyclic) bond motifs is 1. The fraction of sp³-hybridized carbons (Fsp3) is 0.130. The minimum atomic E-state index is -0.204. The largest absolute Gasteiger partial charge is 0.397 e. The molecule has 0 saturated heterocycles. The van der Waals surface area contributed by atoms with Crippen molar-refractivity contribution in [1.82, 2.24) is 4.98 Å². The Balaban J connectivity index is 1.68. The van der Waals surface area contributed by atoms with Gasteiger partial charge in [-0.3, -0.25) is 4.79 Å². The summed E-state index contributed by atoms with van der Waals surface area (Å²) in [6.45, 7) is 6.06. The molecular formula is C23H21N3OS. The lowest BCUT2D eigenvalue weighted by molar-refractivity contribution is 0.103. The van der Waals surface area contributed by atoms with Crippen LogP contribution in [0.2, 0.25) is 0 Å². The molecular weight excluding hydrogens is 366 g/mol. The summed E-state index contributed by atoms with van der Waals surface area (Å²) in [5.41, 5.74) is 12.8. The van der Waals surface area contributed by atoms with Crippen LogP contribution in [-0.4, -0.2) is 10.9 Å². The van der Waals surface area contributed by atoms with Gasteiger partial charge in [-0.05, 0) is 44.5 Å². The lowest BCUT2D eigenvalue weighted by atomic mass is 10.1. The molecule has 4 nitrogen and oxygen atoms in total. The van der Waals surface area contributed by atoms with Crippen molar-refractivity contribution in [2.24, 2.45) is 0 Å². The third-order valence-electron chi connectivity index (χ3n) is 4.78. The molecule has 0 saturated carbocycles. The molecule has 0 unspecified atom stereocenters. The van der Waals surface area contributed by atoms with Crippen LogP contribution in [0.25, 0.3) is 21.5 Å². The first kappa shape index (κ1) is 18.2. The molecule has 28 heavy (non-hydrogen) atoms. The van der Waals surface area contributed by atoms with Crippen molar-refractivity contribution in [1.29, 1.82) is 0 Å². The maximum atomic E-state index is 12.8. The van der Waals surface area contributed by atoms with Gasteiger partial charge in [0.1, 0.15) is 9.71 Å². The molecule has 3 N–H and O–H groups in total. The quantitative estimate of drug-likeness (QED) is 0.472. The molecule has 5 heteroatoms. The van der Waals surface area contributed by atoms with E-state index in [-0.39, 0.29) is 5.91 Å². The summed E-state index contributed by atoms with van der Waals surface area (Å²) < 4.78 is 0. The topological polar surface area (TPSA) is 68.0 Å². The van der Waals surface area contributed by atoms with Gasteiger partial charge in [0, 0.05) is 16.6 Å². The van der Waals surface area contributed by atoms with Crippen molar-refractivity contribution < 1.29 is 4.79 Å². The third kappa shape index (κ3) is 3.37. The summed E-state index contributed by atoms with van der Waals surface area (Å²) in [7, 11) is 0. The van der Waals surface area contributed by atoms with Gasteiger partial charge in [-0.15, -0.1) is 11.3 Å². The number of benzene rings is 2. The SMILES string of the molecule is Cc1ccc(-c2ccc3c(N)c(C(=O)Nc4ccc(C)cc4C)sc3n2)cc1. The molecule has 0 spiro atoms. The highest BCUT2D eigenvalue weighted by atomic mass is 32.1. The number of nitrogens with zero attached hydrogens (tertiary/aromatic N) is 1. The van der Waals surface area contributed by atoms with Crippen molar-refractivity contribution in [2.45, 2.75) is 20.8 Å². The normalized spacial score (nSPS) is 11.0. The lowest BCUT2D eigenvalue weighted by Crippen LogP contribution is -2.12. The zero-order valence-corrected chi connectivity index (χ0v) is 16.9. The van der Waals surface area contributed by atoms with Crippen LogP contribution in [0.5, 0.6) is 0 Å². The maximum absolute atomic E-state index is 12.8. The second-order valence-electron chi connectivity index (χ2n) is 7.03. The number of pyridine rings is 1. The van der Waals surface area contributed by atoms with Crippen LogP contribution in [0, 0.1) is 20.8 Å². The first-order valence-corrected chi connectivity index (χ1v) is 9.88. The number of aromatic nitrogens is 1. The highest BCUT2D eigenvalue weighted by Crippen LogP contribution is 2.35. The summed E-state index contributed by atoms with van der Waals surface area (Å²) in [6, 6.07) is 18.0. The predicted molar refractivity (Wildman–Crippen MR) is 118 cm³/mol. The number of rotatable bonds is 3. The van der Waals surface area contributed by atoms with E-state index in [1.165, 1.54) is 16.9 Å². The van der Waals surface area contributed by atoms with E-state index < -0.39 is 0 Å². The number of nitrogen functional groups attached to an aromatic ring is 1. The van der Waals surface area contributed by atoms with Gasteiger partial charge in [0.15, 0.2) is 0 Å². The van der Waals surface area contributed by atoms with Gasteiger partial charge < -0.3 is 11.1 Å². The van der Waals surface area contributed by atoms with Crippen molar-refractivity contribution >= 4 is 38.8 Å². The number of anilines is 2. The number of nitrogens with two attached hydrogens (primary N) is 1. The Morgan fingerprint density at radius 1 is 0.964 bits per heavy atom. The highest BCUT2D eigenvalue weighted by molar-refractivity contribution is 7.21. The Hall–Kier alpha value is -3.18. The number of hydrogen-bond acceptors (Lipinski definition) is 4. The monoisotopic (exact) mass is 387 g/mol. The predicted octanol–water partition coefficient (Wildman–Crippen LogP) is 5.72. The van der Waals surface area contributed by atoms with Crippen molar-refractivity contribution in [2.75, 3.05) is 11.1 Å². The zero-order valence-electron chi connectivity index (χ0n) is 16.0. The molecule has 0 bridgehead atoms. The van der Waals surface area contributed by atoms with Crippen molar-refractivity contribution in [3.8, 4) is 11.3 Å². The van der Waals surface area contributed by atoms with Crippen molar-refractivity contribution in [3.63, 3.8) is 0 Å². The van der Waals surface area contributed by atoms with Crippen LogP contribution in [-0.2, 0) is 0 Å². The van der Waals surface area contributed by atoms with E-state index in [0.29, 0.717) is 10.6 Å². The van der Waals surface area contributed by atoms with Crippen LogP contribution in [0.1, 0.15) is 26.4 Å². The summed E-state index contributed by atoms with van der Waals surface area (Å²) in [6.07, 6.45) is 0. The zero-order chi connectivity index (χ0) is 19.8. The summed E-state index contributed by atoms with van der Waals surface area (Å²) in [5.74, 6) is -0.204. The number of hydrogen-bond donors (Lipinski definition) is 2. The molecule has 140 valence electrons. The fourth-order valence-corrected chi connectivity index (χ4v) is 4.17. The number of thiophene rings is 1. The Morgan fingerprint density at radius 2 is 1.68 bits per heavy atom. The molecule has 0 radical (unpaired) electrons. The molecule has 0 aliphatic heterocycles. The Morgan fingerprint density at radius 3 is 2.39 bits per heavy atom. The van der Waals surface area contributed by atoms with Crippen molar-refractivity contribution in [3.05, 3.63) is 76.2 Å². The first-order valence-electron chi connectivity index (χ1n) is 9.07. The molecule has 0 aliphatic rings. The molecule has 0 atom stereocenters. The van der Waals surface area contributed by atoms with Gasteiger partial charge in [-0.2, -0.15) is 0 Å². The summed E-state index contributed by atoms with van der Waals surface area (Å²) in [5, 5.41) is 3.78. The van der Waals surface area contributed by atoms with E-state index in [9.17, 15) is 4.79 Å². The second kappa shape index (κ2) is 7.09. The Labute approximate surface area is 168 Å². The van der Waals surface area contributed by atoms with Crippen LogP contribution < -0.4 is 11.1 Å². The lowest BCUT2D eigenvalue weighted by Gasteiger charge is -2.08. The molecule has 0 fully saturated rings. The fourth-order valence-electron chi connectivity index (χ4n) is 3.18. The van der Waals surface area contributed by atoms with Gasteiger partial charge in [0.2, 0.25) is 0 Å². The standard InChI is InChI=1S/C23H21N3OS/c1-13-4-7-16(8-5-13)19-11-9-17-20(24)21(28-23(17)26-19)22(27)25-18-10-6-14(2)12-15(18)3/h4-12H,24H2,1-3H3,(H,25,27). The third-order valence-corrected chi connectivity index (χ3v) is 5.89. The molecule has 4 rings (SSSR count). The van der Waals surface area contributed by atoms with E-state index in [2.05, 4.69) is 24.4 Å². The summed E-state index contributed by atoms with van der Waals surface area (Å²) in [4.78, 5) is 18.8. The van der Waals surface area contributed by atoms with E-state index in [1.807, 2.05) is 56.3 Å². The van der Waals surface area contributed by atoms with E-state index in [4.69, 9.17) is 10.7 Å². The smallest absolute Gasteiger partial charge is 0.267 e.